The van der Waals surface area contributed by atoms with Gasteiger partial charge < -0.3 is 10.6 Å². The van der Waals surface area contributed by atoms with Gasteiger partial charge in [0, 0.05) is 29.8 Å². The lowest BCUT2D eigenvalue weighted by molar-refractivity contribution is 0.734. The van der Waals surface area contributed by atoms with Crippen LogP contribution in [0.1, 0.15) is 18.1 Å². The van der Waals surface area contributed by atoms with Crippen molar-refractivity contribution in [3.8, 4) is 0 Å². The normalized spacial score (nSPS) is 12.4. The Balaban J connectivity index is 2.23. The molecule has 2 rings (SSSR count). The number of nitrogens with zero attached hydrogens (tertiary/aromatic N) is 1. The first kappa shape index (κ1) is 14.6. The lowest BCUT2D eigenvalue weighted by atomic mass is 10.0. The van der Waals surface area contributed by atoms with E-state index in [1.807, 2.05) is 6.92 Å². The highest BCUT2D eigenvalue weighted by atomic mass is 79.9. The van der Waals surface area contributed by atoms with Gasteiger partial charge in [0.15, 0.2) is 0 Å². The Morgan fingerprint density at radius 3 is 2.79 bits per heavy atom. The Hall–Kier alpha value is -0.840. The molecule has 0 aliphatic heterocycles. The molecule has 1 aromatic carbocycles. The molecule has 0 amide bonds. The zero-order valence-corrected chi connectivity index (χ0v) is 13.7. The van der Waals surface area contributed by atoms with Gasteiger partial charge in [-0.15, -0.1) is 0 Å². The molecule has 0 aliphatic rings. The van der Waals surface area contributed by atoms with Gasteiger partial charge in [0.05, 0.1) is 0 Å². The predicted molar refractivity (Wildman–Crippen MR) is 87.9 cm³/mol. The topological polar surface area (TPSA) is 29.3 Å². The summed E-state index contributed by atoms with van der Waals surface area (Å²) in [6.45, 7) is 2.97. The fourth-order valence-corrected chi connectivity index (χ4v) is 3.16. The number of anilines is 1. The van der Waals surface area contributed by atoms with Crippen LogP contribution >= 0.6 is 27.3 Å². The Kier molecular flexibility index (Phi) is 5.02. The van der Waals surface area contributed by atoms with Gasteiger partial charge in [0.2, 0.25) is 0 Å². The molecule has 1 atom stereocenters. The van der Waals surface area contributed by atoms with Crippen LogP contribution in [0.15, 0.2) is 39.5 Å². The molecule has 0 radical (unpaired) electrons. The van der Waals surface area contributed by atoms with E-state index in [1.165, 1.54) is 16.8 Å². The van der Waals surface area contributed by atoms with E-state index in [1.54, 1.807) is 11.3 Å². The van der Waals surface area contributed by atoms with Crippen molar-refractivity contribution in [1.29, 1.82) is 0 Å². The molecule has 0 saturated heterocycles. The molecule has 2 N–H and O–H groups in total. The molecule has 2 nitrogen and oxygen atoms in total. The second-order valence-corrected chi connectivity index (χ2v) is 6.64. The van der Waals surface area contributed by atoms with Crippen LogP contribution in [-0.4, -0.2) is 13.1 Å². The Morgan fingerprint density at radius 2 is 2.16 bits per heavy atom. The summed E-state index contributed by atoms with van der Waals surface area (Å²) in [6, 6.07) is 8.76. The summed E-state index contributed by atoms with van der Waals surface area (Å²) >= 11 is 5.29. The van der Waals surface area contributed by atoms with Crippen LogP contribution < -0.4 is 10.6 Å². The number of rotatable bonds is 5. The molecule has 4 heteroatoms. The summed E-state index contributed by atoms with van der Waals surface area (Å²) in [4.78, 5) is 2.28. The second kappa shape index (κ2) is 6.55. The minimum atomic E-state index is 0.175. The van der Waals surface area contributed by atoms with Crippen molar-refractivity contribution in [3.05, 3.63) is 50.6 Å². The first-order valence-electron chi connectivity index (χ1n) is 6.32. The lowest BCUT2D eigenvalue weighted by Crippen LogP contribution is -2.22. The van der Waals surface area contributed by atoms with E-state index in [-0.39, 0.29) is 6.04 Å². The molecule has 102 valence electrons. The molecule has 19 heavy (non-hydrogen) atoms. The maximum absolute atomic E-state index is 5.94. The Morgan fingerprint density at radius 1 is 1.37 bits per heavy atom. The van der Waals surface area contributed by atoms with Crippen LogP contribution in [0.3, 0.4) is 0 Å². The third kappa shape index (κ3) is 4.06. The summed E-state index contributed by atoms with van der Waals surface area (Å²) in [5, 5.41) is 4.31. The zero-order valence-electron chi connectivity index (χ0n) is 11.3. The lowest BCUT2D eigenvalue weighted by Gasteiger charge is -2.23. The van der Waals surface area contributed by atoms with Crippen molar-refractivity contribution in [2.24, 2.45) is 5.73 Å². The van der Waals surface area contributed by atoms with Crippen molar-refractivity contribution in [1.82, 2.24) is 0 Å². The van der Waals surface area contributed by atoms with Crippen molar-refractivity contribution in [2.75, 3.05) is 11.9 Å². The molecule has 0 saturated carbocycles. The number of halogens is 1. The molecule has 0 spiro atoms. The number of benzene rings is 1. The van der Waals surface area contributed by atoms with Crippen LogP contribution in [0.25, 0.3) is 0 Å². The van der Waals surface area contributed by atoms with Crippen molar-refractivity contribution in [2.45, 2.75) is 25.9 Å². The Bertz CT molecular complexity index is 523. The average molecular weight is 339 g/mol. The summed E-state index contributed by atoms with van der Waals surface area (Å²) in [7, 11) is 2.13. The third-order valence-electron chi connectivity index (χ3n) is 3.00. The van der Waals surface area contributed by atoms with Crippen molar-refractivity contribution >= 4 is 33.0 Å². The van der Waals surface area contributed by atoms with Gasteiger partial charge >= 0.3 is 0 Å². The Labute approximate surface area is 127 Å². The van der Waals surface area contributed by atoms with E-state index in [0.717, 1.165) is 17.4 Å². The third-order valence-corrected chi connectivity index (χ3v) is 4.23. The monoisotopic (exact) mass is 338 g/mol. The van der Waals surface area contributed by atoms with Gasteiger partial charge in [0.25, 0.3) is 0 Å². The number of hydrogen-bond acceptors (Lipinski definition) is 3. The quantitative estimate of drug-likeness (QED) is 0.891. The van der Waals surface area contributed by atoms with E-state index >= 15 is 0 Å². The van der Waals surface area contributed by atoms with Crippen LogP contribution in [-0.2, 0) is 13.0 Å². The van der Waals surface area contributed by atoms with Gasteiger partial charge in [-0.1, -0.05) is 22.0 Å². The highest BCUT2D eigenvalue weighted by molar-refractivity contribution is 9.10. The van der Waals surface area contributed by atoms with Crippen LogP contribution in [0.4, 0.5) is 5.69 Å². The number of thiophene rings is 1. The molecule has 0 bridgehead atoms. The standard InChI is InChI=1S/C15H19BrN2S/c1-11(17)7-13-3-4-14(16)8-15(13)18(2)9-12-5-6-19-10-12/h3-6,8,10-11H,7,9,17H2,1-2H3. The molecule has 2 aromatic rings. The molecular weight excluding hydrogens is 320 g/mol. The van der Waals surface area contributed by atoms with E-state index in [2.05, 4.69) is 62.9 Å². The van der Waals surface area contributed by atoms with Gasteiger partial charge in [-0.3, -0.25) is 0 Å². The average Bonchev–Trinajstić information content (AvgIpc) is 2.83. The van der Waals surface area contributed by atoms with Crippen LogP contribution in [0.2, 0.25) is 0 Å². The number of hydrogen-bond donors (Lipinski definition) is 1. The van der Waals surface area contributed by atoms with Crippen molar-refractivity contribution < 1.29 is 0 Å². The molecule has 0 fully saturated rings. The highest BCUT2D eigenvalue weighted by Crippen LogP contribution is 2.27. The summed E-state index contributed by atoms with van der Waals surface area (Å²) in [5.41, 5.74) is 9.84. The van der Waals surface area contributed by atoms with E-state index < -0.39 is 0 Å². The van der Waals surface area contributed by atoms with Gasteiger partial charge in [-0.25, -0.2) is 0 Å². The fourth-order valence-electron chi connectivity index (χ4n) is 2.15. The van der Waals surface area contributed by atoms with Gasteiger partial charge in [0.1, 0.15) is 0 Å². The van der Waals surface area contributed by atoms with Crippen LogP contribution in [0.5, 0.6) is 0 Å². The second-order valence-electron chi connectivity index (χ2n) is 4.94. The van der Waals surface area contributed by atoms with Gasteiger partial charge in [-0.2, -0.15) is 11.3 Å². The summed E-state index contributed by atoms with van der Waals surface area (Å²) in [6.07, 6.45) is 0.899. The maximum atomic E-state index is 5.94. The van der Waals surface area contributed by atoms with Gasteiger partial charge in [-0.05, 0) is 53.4 Å². The van der Waals surface area contributed by atoms with Crippen molar-refractivity contribution in [3.63, 3.8) is 0 Å². The SMILES string of the molecule is CC(N)Cc1ccc(Br)cc1N(C)Cc1ccsc1. The van der Waals surface area contributed by atoms with E-state index in [4.69, 9.17) is 5.73 Å². The zero-order chi connectivity index (χ0) is 13.8. The first-order valence-corrected chi connectivity index (χ1v) is 8.06. The minimum Gasteiger partial charge on any atom is -0.370 e. The highest BCUT2D eigenvalue weighted by Gasteiger charge is 2.10. The number of nitrogens with two attached hydrogens (primary N) is 1. The predicted octanol–water partition coefficient (Wildman–Crippen LogP) is 4.04. The largest absolute Gasteiger partial charge is 0.370 e. The summed E-state index contributed by atoms with van der Waals surface area (Å²) < 4.78 is 1.10. The first-order chi connectivity index (χ1) is 9.06. The molecule has 1 heterocycles. The maximum Gasteiger partial charge on any atom is 0.0434 e. The van der Waals surface area contributed by atoms with E-state index in [9.17, 15) is 0 Å². The molecule has 0 aliphatic carbocycles. The fraction of sp³-hybridized carbons (Fsp3) is 0.333. The van der Waals surface area contributed by atoms with Crippen LogP contribution in [0, 0.1) is 0 Å². The smallest absolute Gasteiger partial charge is 0.0434 e. The van der Waals surface area contributed by atoms with E-state index in [0.29, 0.717) is 0 Å². The molecular formula is C15H19BrN2S. The molecule has 1 aromatic heterocycles. The minimum absolute atomic E-state index is 0.175. The molecule has 1 unspecified atom stereocenters. The summed E-state index contributed by atoms with van der Waals surface area (Å²) in [5.74, 6) is 0.